The number of hydrogen-bond acceptors (Lipinski definition) is 4. The van der Waals surface area contributed by atoms with Crippen LogP contribution in [0.15, 0.2) is 24.3 Å². The van der Waals surface area contributed by atoms with E-state index in [2.05, 4.69) is 55.7 Å². The molecule has 4 nitrogen and oxygen atoms in total. The first-order valence-corrected chi connectivity index (χ1v) is 11.5. The van der Waals surface area contributed by atoms with E-state index in [-0.39, 0.29) is 12.0 Å². The standard InChI is InChI=1S/C23H30N2O2S2/c1-14(2)16-10-12-17(13-11-16)15(3)24-23(28)25-21-20(22(26)27-4)18-8-6-5-7-9-19(18)29-21/h10-15H,5-9H2,1-4H3,(H2,24,25,28). The van der Waals surface area contributed by atoms with Gasteiger partial charge in [0.05, 0.1) is 18.7 Å². The van der Waals surface area contributed by atoms with E-state index in [1.165, 1.54) is 36.0 Å². The van der Waals surface area contributed by atoms with Crippen molar-refractivity contribution in [1.29, 1.82) is 0 Å². The second-order valence-electron chi connectivity index (χ2n) is 7.90. The van der Waals surface area contributed by atoms with Gasteiger partial charge in [-0.25, -0.2) is 4.79 Å². The molecule has 0 bridgehead atoms. The monoisotopic (exact) mass is 430 g/mol. The van der Waals surface area contributed by atoms with Gasteiger partial charge in [0, 0.05) is 4.88 Å². The Kier molecular flexibility index (Phi) is 7.30. The summed E-state index contributed by atoms with van der Waals surface area (Å²) < 4.78 is 5.07. The highest BCUT2D eigenvalue weighted by atomic mass is 32.1. The highest BCUT2D eigenvalue weighted by Crippen LogP contribution is 2.38. The van der Waals surface area contributed by atoms with Crippen LogP contribution in [0.25, 0.3) is 0 Å². The van der Waals surface area contributed by atoms with Gasteiger partial charge in [0.2, 0.25) is 0 Å². The molecule has 1 aliphatic rings. The van der Waals surface area contributed by atoms with Gasteiger partial charge in [-0.05, 0) is 67.4 Å². The predicted molar refractivity (Wildman–Crippen MR) is 125 cm³/mol. The molecule has 1 heterocycles. The fourth-order valence-corrected chi connectivity index (χ4v) is 5.36. The van der Waals surface area contributed by atoms with E-state index >= 15 is 0 Å². The maximum absolute atomic E-state index is 12.5. The first-order valence-electron chi connectivity index (χ1n) is 10.3. The molecule has 1 unspecified atom stereocenters. The van der Waals surface area contributed by atoms with Crippen molar-refractivity contribution in [1.82, 2.24) is 5.32 Å². The van der Waals surface area contributed by atoms with Crippen molar-refractivity contribution in [3.63, 3.8) is 0 Å². The minimum absolute atomic E-state index is 0.0653. The number of carbonyl (C=O) groups excluding carboxylic acids is 1. The number of thiophene rings is 1. The van der Waals surface area contributed by atoms with Crippen molar-refractivity contribution in [3.8, 4) is 0 Å². The summed E-state index contributed by atoms with van der Waals surface area (Å²) in [7, 11) is 1.44. The fraction of sp³-hybridized carbons (Fsp3) is 0.478. The van der Waals surface area contributed by atoms with Crippen LogP contribution in [0.5, 0.6) is 0 Å². The first-order chi connectivity index (χ1) is 13.9. The van der Waals surface area contributed by atoms with E-state index in [4.69, 9.17) is 17.0 Å². The second kappa shape index (κ2) is 9.72. The number of esters is 1. The number of nitrogens with one attached hydrogen (secondary N) is 2. The fourth-order valence-electron chi connectivity index (χ4n) is 3.74. The van der Waals surface area contributed by atoms with Crippen molar-refractivity contribution >= 4 is 39.6 Å². The third-order valence-electron chi connectivity index (χ3n) is 5.49. The lowest BCUT2D eigenvalue weighted by Gasteiger charge is -2.18. The molecule has 2 aromatic rings. The first kappa shape index (κ1) is 21.8. The molecule has 2 N–H and O–H groups in total. The van der Waals surface area contributed by atoms with Crippen molar-refractivity contribution in [2.24, 2.45) is 0 Å². The van der Waals surface area contributed by atoms with Crippen LogP contribution >= 0.6 is 23.6 Å². The van der Waals surface area contributed by atoms with E-state index < -0.39 is 0 Å². The van der Waals surface area contributed by atoms with E-state index in [9.17, 15) is 4.79 Å². The Hall–Kier alpha value is -1.92. The van der Waals surface area contributed by atoms with Gasteiger partial charge in [0.25, 0.3) is 0 Å². The van der Waals surface area contributed by atoms with Gasteiger partial charge in [-0.15, -0.1) is 11.3 Å². The maximum Gasteiger partial charge on any atom is 0.341 e. The number of fused-ring (bicyclic) bond motifs is 1. The number of carbonyl (C=O) groups is 1. The number of thiocarbonyl (C=S) groups is 1. The van der Waals surface area contributed by atoms with Crippen molar-refractivity contribution in [2.75, 3.05) is 12.4 Å². The molecule has 0 spiro atoms. The topological polar surface area (TPSA) is 50.4 Å². The average molecular weight is 431 g/mol. The summed E-state index contributed by atoms with van der Waals surface area (Å²) in [5.74, 6) is 0.230. The summed E-state index contributed by atoms with van der Waals surface area (Å²) in [6.07, 6.45) is 5.43. The molecule has 0 fully saturated rings. The zero-order chi connectivity index (χ0) is 21.0. The molecular weight excluding hydrogens is 400 g/mol. The van der Waals surface area contributed by atoms with Crippen molar-refractivity contribution in [2.45, 2.75) is 64.8 Å². The normalized spacial score (nSPS) is 14.7. The molecular formula is C23H30N2O2S2. The molecule has 6 heteroatoms. The number of aryl methyl sites for hydroxylation is 1. The predicted octanol–water partition coefficient (Wildman–Crippen LogP) is 5.97. The molecule has 29 heavy (non-hydrogen) atoms. The van der Waals surface area contributed by atoms with Gasteiger partial charge in [-0.1, -0.05) is 44.5 Å². The second-order valence-corrected chi connectivity index (χ2v) is 9.42. The molecule has 0 radical (unpaired) electrons. The van der Waals surface area contributed by atoms with Crippen LogP contribution in [0, 0.1) is 0 Å². The molecule has 1 aromatic carbocycles. The van der Waals surface area contributed by atoms with Gasteiger partial charge in [-0.2, -0.15) is 0 Å². The molecule has 0 amide bonds. The molecule has 156 valence electrons. The third-order valence-corrected chi connectivity index (χ3v) is 6.92. The lowest BCUT2D eigenvalue weighted by molar-refractivity contribution is 0.0601. The van der Waals surface area contributed by atoms with Crippen LogP contribution in [0.3, 0.4) is 0 Å². The van der Waals surface area contributed by atoms with Crippen LogP contribution < -0.4 is 10.6 Å². The Balaban J connectivity index is 1.73. The van der Waals surface area contributed by atoms with Crippen LogP contribution in [0.2, 0.25) is 0 Å². The zero-order valence-corrected chi connectivity index (χ0v) is 19.3. The minimum atomic E-state index is -0.285. The number of methoxy groups -OCH3 is 1. The Labute approximate surface area is 183 Å². The number of ether oxygens (including phenoxy) is 1. The van der Waals surface area contributed by atoms with Crippen LogP contribution in [-0.4, -0.2) is 18.2 Å². The highest BCUT2D eigenvalue weighted by Gasteiger charge is 2.26. The van der Waals surface area contributed by atoms with Gasteiger partial charge in [0.15, 0.2) is 5.11 Å². The molecule has 0 aliphatic heterocycles. The van der Waals surface area contributed by atoms with Gasteiger partial charge >= 0.3 is 5.97 Å². The van der Waals surface area contributed by atoms with Crippen LogP contribution in [0.4, 0.5) is 5.00 Å². The van der Waals surface area contributed by atoms with E-state index in [0.29, 0.717) is 16.6 Å². The van der Waals surface area contributed by atoms with E-state index in [0.717, 1.165) is 29.8 Å². The SMILES string of the molecule is COC(=O)c1c(NC(=S)NC(C)c2ccc(C(C)C)cc2)sc2c1CCCCC2. The van der Waals surface area contributed by atoms with E-state index in [1.807, 2.05) is 0 Å². The molecule has 1 aliphatic carbocycles. The Morgan fingerprint density at radius 3 is 2.38 bits per heavy atom. The zero-order valence-electron chi connectivity index (χ0n) is 17.6. The van der Waals surface area contributed by atoms with Gasteiger partial charge < -0.3 is 15.4 Å². The summed E-state index contributed by atoms with van der Waals surface area (Å²) in [6.45, 7) is 6.47. The molecule has 1 aromatic heterocycles. The summed E-state index contributed by atoms with van der Waals surface area (Å²) in [5.41, 5.74) is 4.30. The van der Waals surface area contributed by atoms with Crippen molar-refractivity contribution in [3.05, 3.63) is 51.4 Å². The van der Waals surface area contributed by atoms with Gasteiger partial charge in [0.1, 0.15) is 5.00 Å². The average Bonchev–Trinajstić information content (AvgIpc) is 2.87. The number of anilines is 1. The molecule has 0 saturated carbocycles. The lowest BCUT2D eigenvalue weighted by Crippen LogP contribution is -2.31. The Morgan fingerprint density at radius 1 is 1.07 bits per heavy atom. The summed E-state index contributed by atoms with van der Waals surface area (Å²) in [4.78, 5) is 13.8. The minimum Gasteiger partial charge on any atom is -0.465 e. The summed E-state index contributed by atoms with van der Waals surface area (Å²) in [6, 6.07) is 8.68. The van der Waals surface area contributed by atoms with Crippen molar-refractivity contribution < 1.29 is 9.53 Å². The third kappa shape index (κ3) is 5.17. The van der Waals surface area contributed by atoms with Crippen LogP contribution in [0.1, 0.15) is 83.9 Å². The molecule has 0 saturated heterocycles. The lowest BCUT2D eigenvalue weighted by atomic mass is 10.00. The smallest absolute Gasteiger partial charge is 0.341 e. The maximum atomic E-state index is 12.5. The number of hydrogen-bond donors (Lipinski definition) is 2. The van der Waals surface area contributed by atoms with E-state index in [1.54, 1.807) is 11.3 Å². The van der Waals surface area contributed by atoms with Crippen LogP contribution in [-0.2, 0) is 17.6 Å². The largest absolute Gasteiger partial charge is 0.465 e. The van der Waals surface area contributed by atoms with Gasteiger partial charge in [-0.3, -0.25) is 0 Å². The molecule has 3 rings (SSSR count). The Bertz CT molecular complexity index is 872. The summed E-state index contributed by atoms with van der Waals surface area (Å²) in [5, 5.41) is 7.93. The quantitative estimate of drug-likeness (QED) is 0.347. The number of benzene rings is 1. The highest BCUT2D eigenvalue weighted by molar-refractivity contribution is 7.80. The molecule has 1 atom stereocenters. The Morgan fingerprint density at radius 2 is 1.72 bits per heavy atom. The summed E-state index contributed by atoms with van der Waals surface area (Å²) >= 11 is 7.20. The number of rotatable bonds is 5.